The molecule has 0 saturated heterocycles. The first-order valence-corrected chi connectivity index (χ1v) is 9.20. The van der Waals surface area contributed by atoms with E-state index in [0.29, 0.717) is 17.1 Å². The first-order chi connectivity index (χ1) is 13.6. The lowest BCUT2D eigenvalue weighted by Crippen LogP contribution is -2.36. The lowest BCUT2D eigenvalue weighted by Gasteiger charge is -2.15. The fourth-order valence-electron chi connectivity index (χ4n) is 3.32. The lowest BCUT2D eigenvalue weighted by atomic mass is 10.0. The lowest BCUT2D eigenvalue weighted by molar-refractivity contribution is -0.127. The maximum absolute atomic E-state index is 12.9. The van der Waals surface area contributed by atoms with Gasteiger partial charge < -0.3 is 5.32 Å². The van der Waals surface area contributed by atoms with Gasteiger partial charge in [-0.3, -0.25) is 14.6 Å². The molecule has 1 aromatic heterocycles. The Morgan fingerprint density at radius 1 is 1.14 bits per heavy atom. The molecule has 0 aliphatic carbocycles. The molecule has 0 saturated carbocycles. The maximum Gasteiger partial charge on any atom is 0.265 e. The fourth-order valence-corrected chi connectivity index (χ4v) is 3.32. The third-order valence-electron chi connectivity index (χ3n) is 4.83. The van der Waals surface area contributed by atoms with Gasteiger partial charge in [-0.1, -0.05) is 31.2 Å². The van der Waals surface area contributed by atoms with Crippen LogP contribution in [-0.2, 0) is 16.0 Å². The van der Waals surface area contributed by atoms with E-state index in [9.17, 15) is 9.59 Å². The van der Waals surface area contributed by atoms with Crippen LogP contribution in [0, 0.1) is 5.92 Å². The molecule has 0 spiro atoms. The van der Waals surface area contributed by atoms with Gasteiger partial charge in [-0.15, -0.1) is 0 Å². The predicted molar refractivity (Wildman–Crippen MR) is 110 cm³/mol. The van der Waals surface area contributed by atoms with Gasteiger partial charge in [0, 0.05) is 17.3 Å². The molecule has 6 nitrogen and oxygen atoms in total. The zero-order valence-electron chi connectivity index (χ0n) is 15.7. The summed E-state index contributed by atoms with van der Waals surface area (Å²) in [6, 6.07) is 16.9. The largest absolute Gasteiger partial charge is 0.325 e. The van der Waals surface area contributed by atoms with Crippen LogP contribution in [-0.4, -0.2) is 22.5 Å². The van der Waals surface area contributed by atoms with E-state index in [4.69, 9.17) is 0 Å². The van der Waals surface area contributed by atoms with Crippen molar-refractivity contribution in [1.29, 1.82) is 0 Å². The normalized spacial score (nSPS) is 16.4. The first kappa shape index (κ1) is 17.9. The van der Waals surface area contributed by atoms with Gasteiger partial charge in [0.25, 0.3) is 5.91 Å². The number of pyridine rings is 1. The van der Waals surface area contributed by atoms with Crippen LogP contribution in [0.1, 0.15) is 19.4 Å². The van der Waals surface area contributed by atoms with E-state index in [0.717, 1.165) is 22.9 Å². The highest BCUT2D eigenvalue weighted by atomic mass is 16.2. The molecule has 1 aliphatic heterocycles. The molecular weight excluding hydrogens is 352 g/mol. The third kappa shape index (κ3) is 3.24. The van der Waals surface area contributed by atoms with Crippen LogP contribution in [0.25, 0.3) is 10.9 Å². The highest BCUT2D eigenvalue weighted by Crippen LogP contribution is 2.27. The Morgan fingerprint density at radius 3 is 2.82 bits per heavy atom. The van der Waals surface area contributed by atoms with E-state index in [2.05, 4.69) is 22.3 Å². The first-order valence-electron chi connectivity index (χ1n) is 9.20. The van der Waals surface area contributed by atoms with Gasteiger partial charge in [-0.25, -0.2) is 0 Å². The molecule has 2 heterocycles. The van der Waals surface area contributed by atoms with Crippen molar-refractivity contribution in [3.63, 3.8) is 0 Å². The summed E-state index contributed by atoms with van der Waals surface area (Å²) in [4.78, 5) is 30.0. The van der Waals surface area contributed by atoms with E-state index in [1.807, 2.05) is 48.5 Å². The van der Waals surface area contributed by atoms with E-state index in [1.165, 1.54) is 5.01 Å². The monoisotopic (exact) mass is 372 g/mol. The summed E-state index contributed by atoms with van der Waals surface area (Å²) in [5.41, 5.74) is 3.63. The Bertz CT molecular complexity index is 1110. The van der Waals surface area contributed by atoms with Crippen LogP contribution < -0.4 is 10.3 Å². The number of aromatic nitrogens is 1. The minimum Gasteiger partial charge on any atom is -0.325 e. The van der Waals surface area contributed by atoms with Gasteiger partial charge in [0.05, 0.1) is 16.9 Å². The Balaban J connectivity index is 1.57. The van der Waals surface area contributed by atoms with Crippen molar-refractivity contribution in [3.05, 3.63) is 66.4 Å². The van der Waals surface area contributed by atoms with Crippen LogP contribution in [0.5, 0.6) is 0 Å². The standard InChI is InChI=1S/C22H20N4O2/c1-3-15-6-4-8-17(12-15)24-21(27)20-14(2)25-26(22(20)28)18-10-9-16-7-5-11-23-19(16)13-18/h4-13,20H,3H2,1-2H3,(H,24,27). The zero-order chi connectivity index (χ0) is 19.7. The molecule has 0 radical (unpaired) electrons. The molecule has 28 heavy (non-hydrogen) atoms. The van der Waals surface area contributed by atoms with Crippen molar-refractivity contribution >= 4 is 39.8 Å². The fraction of sp³-hybridized carbons (Fsp3) is 0.182. The maximum atomic E-state index is 12.9. The quantitative estimate of drug-likeness (QED) is 0.708. The molecule has 1 N–H and O–H groups in total. The Morgan fingerprint density at radius 2 is 2.00 bits per heavy atom. The molecule has 1 unspecified atom stereocenters. The van der Waals surface area contributed by atoms with Crippen LogP contribution in [0.3, 0.4) is 0 Å². The SMILES string of the molecule is CCc1cccc(NC(=O)C2C(=O)N(c3ccc4cccnc4c3)N=C2C)c1. The van der Waals surface area contributed by atoms with Gasteiger partial charge >= 0.3 is 0 Å². The van der Waals surface area contributed by atoms with Gasteiger partial charge in [-0.2, -0.15) is 10.1 Å². The van der Waals surface area contributed by atoms with Crippen LogP contribution in [0.2, 0.25) is 0 Å². The number of carbonyl (C=O) groups is 2. The van der Waals surface area contributed by atoms with Crippen LogP contribution in [0.4, 0.5) is 11.4 Å². The number of nitrogens with zero attached hydrogens (tertiary/aromatic N) is 3. The predicted octanol–water partition coefficient (Wildman–Crippen LogP) is 3.77. The molecule has 0 bridgehead atoms. The molecular formula is C22H20N4O2. The molecule has 140 valence electrons. The second-order valence-electron chi connectivity index (χ2n) is 6.75. The molecule has 6 heteroatoms. The van der Waals surface area contributed by atoms with E-state index in [-0.39, 0.29) is 11.8 Å². The van der Waals surface area contributed by atoms with Crippen molar-refractivity contribution in [1.82, 2.24) is 4.98 Å². The second-order valence-corrected chi connectivity index (χ2v) is 6.75. The van der Waals surface area contributed by atoms with Crippen molar-refractivity contribution in [2.75, 3.05) is 10.3 Å². The highest BCUT2D eigenvalue weighted by Gasteiger charge is 2.39. The van der Waals surface area contributed by atoms with Gasteiger partial charge in [0.2, 0.25) is 5.91 Å². The topological polar surface area (TPSA) is 74.7 Å². The molecule has 1 atom stereocenters. The van der Waals surface area contributed by atoms with Crippen molar-refractivity contribution < 1.29 is 9.59 Å². The Hall–Kier alpha value is -3.54. The summed E-state index contributed by atoms with van der Waals surface area (Å²) < 4.78 is 0. The summed E-state index contributed by atoms with van der Waals surface area (Å²) in [5, 5.41) is 9.44. The summed E-state index contributed by atoms with van der Waals surface area (Å²) in [7, 11) is 0. The number of amides is 2. The molecule has 1 aliphatic rings. The highest BCUT2D eigenvalue weighted by molar-refractivity contribution is 6.28. The van der Waals surface area contributed by atoms with E-state index < -0.39 is 5.92 Å². The third-order valence-corrected chi connectivity index (χ3v) is 4.83. The molecule has 4 rings (SSSR count). The number of carbonyl (C=O) groups excluding carboxylic acids is 2. The summed E-state index contributed by atoms with van der Waals surface area (Å²) in [5.74, 6) is -1.68. The number of fused-ring (bicyclic) bond motifs is 1. The Kier molecular flexibility index (Phi) is 4.61. The van der Waals surface area contributed by atoms with E-state index in [1.54, 1.807) is 19.2 Å². The average Bonchev–Trinajstić information content (AvgIpc) is 3.01. The summed E-state index contributed by atoms with van der Waals surface area (Å²) in [6.45, 7) is 3.75. The van der Waals surface area contributed by atoms with Crippen LogP contribution in [0.15, 0.2) is 65.9 Å². The summed E-state index contributed by atoms with van der Waals surface area (Å²) in [6.07, 6.45) is 2.57. The average molecular weight is 372 g/mol. The number of hydrogen-bond acceptors (Lipinski definition) is 4. The van der Waals surface area contributed by atoms with Gasteiger partial charge in [0.15, 0.2) is 5.92 Å². The number of hydrazone groups is 1. The second kappa shape index (κ2) is 7.23. The van der Waals surface area contributed by atoms with E-state index >= 15 is 0 Å². The Labute approximate surface area is 162 Å². The molecule has 3 aromatic rings. The number of anilines is 2. The summed E-state index contributed by atoms with van der Waals surface area (Å²) >= 11 is 0. The number of aryl methyl sites for hydroxylation is 1. The van der Waals surface area contributed by atoms with Gasteiger partial charge in [0.1, 0.15) is 0 Å². The number of nitrogens with one attached hydrogen (secondary N) is 1. The van der Waals surface area contributed by atoms with Crippen molar-refractivity contribution in [2.24, 2.45) is 11.0 Å². The minimum atomic E-state index is -0.940. The number of hydrogen-bond donors (Lipinski definition) is 1. The number of rotatable bonds is 4. The minimum absolute atomic E-state index is 0.364. The smallest absolute Gasteiger partial charge is 0.265 e. The zero-order valence-corrected chi connectivity index (χ0v) is 15.7. The molecule has 2 aromatic carbocycles. The van der Waals surface area contributed by atoms with Crippen LogP contribution >= 0.6 is 0 Å². The van der Waals surface area contributed by atoms with Crippen molar-refractivity contribution in [3.8, 4) is 0 Å². The number of benzene rings is 2. The van der Waals surface area contributed by atoms with Gasteiger partial charge in [-0.05, 0) is 49.2 Å². The molecule has 0 fully saturated rings. The van der Waals surface area contributed by atoms with Crippen molar-refractivity contribution in [2.45, 2.75) is 20.3 Å². The molecule has 2 amide bonds.